The Kier molecular flexibility index (Phi) is 4.13. The van der Waals surface area contributed by atoms with E-state index in [9.17, 15) is 18.0 Å². The molecule has 0 unspecified atom stereocenters. The minimum atomic E-state index is -4.52. The molecule has 0 saturated carbocycles. The van der Waals surface area contributed by atoms with Crippen LogP contribution in [0.1, 0.15) is 28.5 Å². The standard InChI is InChI=1S/C14H10BrF3N2O/c1-7-11(8(2)21)6-19-13(20-7)10-4-3-9(15)5-12(10)14(16,17)18/h3-6H,1-2H3. The molecule has 1 aromatic heterocycles. The number of carbonyl (C=O) groups excluding carboxylic acids is 1. The van der Waals surface area contributed by atoms with Gasteiger partial charge < -0.3 is 0 Å². The first-order chi connectivity index (χ1) is 9.70. The van der Waals surface area contributed by atoms with Crippen molar-refractivity contribution in [3.05, 3.63) is 45.7 Å². The monoisotopic (exact) mass is 358 g/mol. The Morgan fingerprint density at radius 2 is 1.95 bits per heavy atom. The van der Waals surface area contributed by atoms with Gasteiger partial charge in [-0.2, -0.15) is 13.2 Å². The van der Waals surface area contributed by atoms with Gasteiger partial charge in [-0.3, -0.25) is 4.79 Å². The van der Waals surface area contributed by atoms with Crippen LogP contribution in [-0.2, 0) is 6.18 Å². The van der Waals surface area contributed by atoms with E-state index < -0.39 is 11.7 Å². The van der Waals surface area contributed by atoms with Crippen LogP contribution in [0.3, 0.4) is 0 Å². The molecule has 2 rings (SSSR count). The first-order valence-electron chi connectivity index (χ1n) is 5.92. The van der Waals surface area contributed by atoms with Crippen LogP contribution in [0.25, 0.3) is 11.4 Å². The molecule has 0 aliphatic rings. The number of hydrogen-bond donors (Lipinski definition) is 0. The summed E-state index contributed by atoms with van der Waals surface area (Å²) in [5.41, 5.74) is -0.302. The Morgan fingerprint density at radius 1 is 1.29 bits per heavy atom. The van der Waals surface area contributed by atoms with E-state index in [2.05, 4.69) is 25.9 Å². The number of nitrogens with zero attached hydrogens (tertiary/aromatic N) is 2. The zero-order valence-electron chi connectivity index (χ0n) is 11.1. The quantitative estimate of drug-likeness (QED) is 0.745. The molecular formula is C14H10BrF3N2O. The van der Waals surface area contributed by atoms with Crippen LogP contribution in [0.5, 0.6) is 0 Å². The molecule has 0 fully saturated rings. The van der Waals surface area contributed by atoms with Crippen LogP contribution in [0.2, 0.25) is 0 Å². The highest BCUT2D eigenvalue weighted by Gasteiger charge is 2.34. The van der Waals surface area contributed by atoms with Crippen LogP contribution in [-0.4, -0.2) is 15.8 Å². The summed E-state index contributed by atoms with van der Waals surface area (Å²) in [6, 6.07) is 3.77. The normalized spacial score (nSPS) is 11.5. The zero-order valence-corrected chi connectivity index (χ0v) is 12.7. The van der Waals surface area contributed by atoms with E-state index >= 15 is 0 Å². The molecule has 0 amide bonds. The van der Waals surface area contributed by atoms with Crippen molar-refractivity contribution in [1.29, 1.82) is 0 Å². The Hall–Kier alpha value is -1.76. The lowest BCUT2D eigenvalue weighted by atomic mass is 10.1. The minimum Gasteiger partial charge on any atom is -0.294 e. The highest BCUT2D eigenvalue weighted by atomic mass is 79.9. The smallest absolute Gasteiger partial charge is 0.294 e. The van der Waals surface area contributed by atoms with Gasteiger partial charge in [0.05, 0.1) is 16.8 Å². The van der Waals surface area contributed by atoms with Gasteiger partial charge in [0.1, 0.15) is 0 Å². The Labute approximate surface area is 127 Å². The number of rotatable bonds is 2. The van der Waals surface area contributed by atoms with Crippen LogP contribution >= 0.6 is 15.9 Å². The van der Waals surface area contributed by atoms with Crippen molar-refractivity contribution in [3.63, 3.8) is 0 Å². The first kappa shape index (κ1) is 15.6. The van der Waals surface area contributed by atoms with E-state index in [1.165, 1.54) is 25.3 Å². The predicted octanol–water partition coefficient (Wildman–Crippen LogP) is 4.44. The number of alkyl halides is 3. The third kappa shape index (κ3) is 3.29. The van der Waals surface area contributed by atoms with Gasteiger partial charge in [-0.25, -0.2) is 9.97 Å². The molecule has 0 aliphatic carbocycles. The van der Waals surface area contributed by atoms with Gasteiger partial charge in [-0.1, -0.05) is 15.9 Å². The van der Waals surface area contributed by atoms with Crippen molar-refractivity contribution in [2.75, 3.05) is 0 Å². The van der Waals surface area contributed by atoms with E-state index in [-0.39, 0.29) is 17.2 Å². The molecule has 7 heteroatoms. The Morgan fingerprint density at radius 3 is 2.48 bits per heavy atom. The Balaban J connectivity index is 2.62. The van der Waals surface area contributed by atoms with E-state index in [4.69, 9.17) is 0 Å². The van der Waals surface area contributed by atoms with Gasteiger partial charge in [0.15, 0.2) is 11.6 Å². The number of aromatic nitrogens is 2. The lowest BCUT2D eigenvalue weighted by Crippen LogP contribution is -2.09. The first-order valence-corrected chi connectivity index (χ1v) is 6.71. The van der Waals surface area contributed by atoms with Gasteiger partial charge >= 0.3 is 6.18 Å². The minimum absolute atomic E-state index is 0.0580. The Bertz CT molecular complexity index is 714. The lowest BCUT2D eigenvalue weighted by Gasteiger charge is -2.13. The van der Waals surface area contributed by atoms with Crippen molar-refractivity contribution < 1.29 is 18.0 Å². The van der Waals surface area contributed by atoms with Crippen LogP contribution in [0.4, 0.5) is 13.2 Å². The highest BCUT2D eigenvalue weighted by molar-refractivity contribution is 9.10. The number of carbonyl (C=O) groups is 1. The van der Waals surface area contributed by atoms with Crippen molar-refractivity contribution in [1.82, 2.24) is 9.97 Å². The fraction of sp³-hybridized carbons (Fsp3) is 0.214. The SMILES string of the molecule is CC(=O)c1cnc(-c2ccc(Br)cc2C(F)(F)F)nc1C. The molecule has 1 aromatic carbocycles. The second-order valence-corrected chi connectivity index (χ2v) is 5.35. The molecule has 2 aromatic rings. The number of halogens is 4. The average molecular weight is 359 g/mol. The highest BCUT2D eigenvalue weighted by Crippen LogP contribution is 2.37. The second kappa shape index (κ2) is 5.55. The molecule has 0 spiro atoms. The maximum atomic E-state index is 13.1. The molecule has 0 aliphatic heterocycles. The summed E-state index contributed by atoms with van der Waals surface area (Å²) in [5.74, 6) is -0.289. The average Bonchev–Trinajstić information content (AvgIpc) is 2.37. The summed E-state index contributed by atoms with van der Waals surface area (Å²) in [4.78, 5) is 19.2. The topological polar surface area (TPSA) is 42.9 Å². The summed E-state index contributed by atoms with van der Waals surface area (Å²) >= 11 is 3.02. The molecule has 0 atom stereocenters. The molecule has 21 heavy (non-hydrogen) atoms. The lowest BCUT2D eigenvalue weighted by molar-refractivity contribution is -0.137. The molecule has 0 bridgehead atoms. The van der Waals surface area contributed by atoms with Crippen molar-refractivity contribution in [2.45, 2.75) is 20.0 Å². The van der Waals surface area contributed by atoms with Gasteiger partial charge in [0.25, 0.3) is 0 Å². The maximum absolute atomic E-state index is 13.1. The summed E-state index contributed by atoms with van der Waals surface area (Å²) in [5, 5.41) is 0. The summed E-state index contributed by atoms with van der Waals surface area (Å²) < 4.78 is 39.6. The third-order valence-corrected chi connectivity index (χ3v) is 3.38. The van der Waals surface area contributed by atoms with E-state index in [0.29, 0.717) is 15.7 Å². The van der Waals surface area contributed by atoms with Crippen molar-refractivity contribution in [3.8, 4) is 11.4 Å². The predicted molar refractivity (Wildman–Crippen MR) is 74.9 cm³/mol. The molecule has 1 heterocycles. The van der Waals surface area contributed by atoms with Gasteiger partial charge in [0.2, 0.25) is 0 Å². The zero-order chi connectivity index (χ0) is 15.8. The van der Waals surface area contributed by atoms with Gasteiger partial charge in [0, 0.05) is 16.2 Å². The van der Waals surface area contributed by atoms with E-state index in [1.54, 1.807) is 6.92 Å². The molecule has 0 saturated heterocycles. The van der Waals surface area contributed by atoms with Crippen LogP contribution < -0.4 is 0 Å². The van der Waals surface area contributed by atoms with E-state index in [1.807, 2.05) is 0 Å². The fourth-order valence-electron chi connectivity index (χ4n) is 1.89. The maximum Gasteiger partial charge on any atom is 0.417 e. The van der Waals surface area contributed by atoms with Crippen molar-refractivity contribution >= 4 is 21.7 Å². The molecular weight excluding hydrogens is 349 g/mol. The van der Waals surface area contributed by atoms with E-state index in [0.717, 1.165) is 6.07 Å². The number of aryl methyl sites for hydroxylation is 1. The largest absolute Gasteiger partial charge is 0.417 e. The second-order valence-electron chi connectivity index (χ2n) is 4.44. The van der Waals surface area contributed by atoms with Crippen LogP contribution in [0.15, 0.2) is 28.9 Å². The summed E-state index contributed by atoms with van der Waals surface area (Å²) in [6.45, 7) is 2.92. The number of hydrogen-bond acceptors (Lipinski definition) is 3. The van der Waals surface area contributed by atoms with Crippen LogP contribution in [0, 0.1) is 6.92 Å². The van der Waals surface area contributed by atoms with Crippen molar-refractivity contribution in [2.24, 2.45) is 0 Å². The number of Topliss-reactive ketones (excluding diaryl/α,β-unsaturated/α-hetero) is 1. The van der Waals surface area contributed by atoms with Gasteiger partial charge in [-0.15, -0.1) is 0 Å². The molecule has 3 nitrogen and oxygen atoms in total. The summed E-state index contributed by atoms with van der Waals surface area (Å²) in [6.07, 6.45) is -3.27. The molecule has 110 valence electrons. The number of ketones is 1. The number of benzene rings is 1. The molecule has 0 radical (unpaired) electrons. The third-order valence-electron chi connectivity index (χ3n) is 2.89. The fourth-order valence-corrected chi connectivity index (χ4v) is 2.25. The molecule has 0 N–H and O–H groups in total. The summed E-state index contributed by atoms with van der Waals surface area (Å²) in [7, 11) is 0. The van der Waals surface area contributed by atoms with Gasteiger partial charge in [-0.05, 0) is 32.0 Å².